The van der Waals surface area contributed by atoms with Gasteiger partial charge in [0.1, 0.15) is 0 Å². The minimum absolute atomic E-state index is 0.818. The molecule has 0 atom stereocenters. The minimum Gasteiger partial charge on any atom is -0.399 e. The highest BCUT2D eigenvalue weighted by atomic mass is 14.7. The number of rotatable bonds is 3. The SMILES string of the molecule is C\C=N/C=C\C(N)=C(/C)CC. The van der Waals surface area contributed by atoms with Crippen LogP contribution in [0.3, 0.4) is 0 Å². The summed E-state index contributed by atoms with van der Waals surface area (Å²) in [5.74, 6) is 0. The van der Waals surface area contributed by atoms with Gasteiger partial charge in [-0.3, -0.25) is 4.99 Å². The molecule has 0 aliphatic rings. The van der Waals surface area contributed by atoms with Crippen molar-refractivity contribution in [2.75, 3.05) is 0 Å². The number of hydrogen-bond acceptors (Lipinski definition) is 2. The van der Waals surface area contributed by atoms with E-state index in [0.717, 1.165) is 12.1 Å². The van der Waals surface area contributed by atoms with Gasteiger partial charge in [0.05, 0.1) is 0 Å². The first kappa shape index (κ1) is 9.95. The summed E-state index contributed by atoms with van der Waals surface area (Å²) >= 11 is 0. The number of allylic oxidation sites excluding steroid dienone is 2. The Balaban J connectivity index is 4.14. The van der Waals surface area contributed by atoms with E-state index in [-0.39, 0.29) is 0 Å². The molecular weight excluding hydrogens is 136 g/mol. The predicted octanol–water partition coefficient (Wildman–Crippen LogP) is 2.23. The molecule has 0 saturated carbocycles. The smallest absolute Gasteiger partial charge is 0.0318 e. The van der Waals surface area contributed by atoms with Crippen molar-refractivity contribution in [1.82, 2.24) is 0 Å². The van der Waals surface area contributed by atoms with E-state index in [1.807, 2.05) is 19.9 Å². The molecule has 0 rings (SSSR count). The average molecular weight is 152 g/mol. The fourth-order valence-electron chi connectivity index (χ4n) is 0.556. The van der Waals surface area contributed by atoms with Gasteiger partial charge < -0.3 is 5.73 Å². The van der Waals surface area contributed by atoms with Crippen molar-refractivity contribution in [1.29, 1.82) is 0 Å². The van der Waals surface area contributed by atoms with Crippen molar-refractivity contribution in [3.63, 3.8) is 0 Å². The summed E-state index contributed by atoms with van der Waals surface area (Å²) in [6, 6.07) is 0. The fourth-order valence-corrected chi connectivity index (χ4v) is 0.556. The maximum atomic E-state index is 5.69. The molecule has 2 N–H and O–H groups in total. The van der Waals surface area contributed by atoms with E-state index in [4.69, 9.17) is 5.73 Å². The highest BCUT2D eigenvalue weighted by Crippen LogP contribution is 2.03. The van der Waals surface area contributed by atoms with Gasteiger partial charge in [0.2, 0.25) is 0 Å². The zero-order valence-electron chi connectivity index (χ0n) is 7.46. The molecule has 0 aliphatic carbocycles. The summed E-state index contributed by atoms with van der Waals surface area (Å²) in [4.78, 5) is 3.91. The van der Waals surface area contributed by atoms with Gasteiger partial charge in [0.15, 0.2) is 0 Å². The number of aliphatic imine (C=N–C) groups is 1. The van der Waals surface area contributed by atoms with Crippen molar-refractivity contribution >= 4 is 6.21 Å². The molecule has 0 aromatic heterocycles. The topological polar surface area (TPSA) is 38.4 Å². The van der Waals surface area contributed by atoms with Crippen LogP contribution in [0.15, 0.2) is 28.5 Å². The van der Waals surface area contributed by atoms with E-state index >= 15 is 0 Å². The third kappa shape index (κ3) is 4.37. The lowest BCUT2D eigenvalue weighted by atomic mass is 10.2. The van der Waals surface area contributed by atoms with Crippen LogP contribution in [0.25, 0.3) is 0 Å². The lowest BCUT2D eigenvalue weighted by Crippen LogP contribution is -1.96. The van der Waals surface area contributed by atoms with Crippen molar-refractivity contribution in [3.05, 3.63) is 23.5 Å². The molecule has 0 aromatic carbocycles. The van der Waals surface area contributed by atoms with Crippen LogP contribution in [0, 0.1) is 0 Å². The molecule has 0 bridgehead atoms. The highest BCUT2D eigenvalue weighted by Gasteiger charge is 1.88. The van der Waals surface area contributed by atoms with Crippen LogP contribution in [0.5, 0.6) is 0 Å². The Hall–Kier alpha value is -1.05. The van der Waals surface area contributed by atoms with E-state index in [1.54, 1.807) is 12.4 Å². The molecule has 0 spiro atoms. The summed E-state index contributed by atoms with van der Waals surface area (Å²) in [5, 5.41) is 0. The Morgan fingerprint density at radius 2 is 2.18 bits per heavy atom. The van der Waals surface area contributed by atoms with E-state index in [9.17, 15) is 0 Å². The van der Waals surface area contributed by atoms with Gasteiger partial charge in [-0.2, -0.15) is 0 Å². The Morgan fingerprint density at radius 1 is 1.55 bits per heavy atom. The van der Waals surface area contributed by atoms with Gasteiger partial charge in [0, 0.05) is 18.1 Å². The zero-order valence-corrected chi connectivity index (χ0v) is 7.46. The summed E-state index contributed by atoms with van der Waals surface area (Å²) in [7, 11) is 0. The molecule has 0 saturated heterocycles. The first-order chi connectivity index (χ1) is 5.22. The minimum atomic E-state index is 0.818. The first-order valence-corrected chi connectivity index (χ1v) is 3.82. The maximum Gasteiger partial charge on any atom is 0.0318 e. The molecule has 2 nitrogen and oxygen atoms in total. The molecular formula is C9H16N2. The van der Waals surface area contributed by atoms with Crippen molar-refractivity contribution in [2.24, 2.45) is 10.7 Å². The van der Waals surface area contributed by atoms with Crippen molar-refractivity contribution in [3.8, 4) is 0 Å². The summed E-state index contributed by atoms with van der Waals surface area (Å²) in [6.07, 6.45) is 6.24. The molecule has 0 aliphatic heterocycles. The van der Waals surface area contributed by atoms with Crippen LogP contribution in [0.1, 0.15) is 27.2 Å². The van der Waals surface area contributed by atoms with Crippen molar-refractivity contribution < 1.29 is 0 Å². The molecule has 0 unspecified atom stereocenters. The predicted molar refractivity (Wildman–Crippen MR) is 50.5 cm³/mol. The Morgan fingerprint density at radius 3 is 2.64 bits per heavy atom. The van der Waals surface area contributed by atoms with Crippen LogP contribution >= 0.6 is 0 Å². The van der Waals surface area contributed by atoms with E-state index < -0.39 is 0 Å². The molecule has 0 heterocycles. The van der Waals surface area contributed by atoms with Gasteiger partial charge in [0.25, 0.3) is 0 Å². The zero-order chi connectivity index (χ0) is 8.69. The lowest BCUT2D eigenvalue weighted by Gasteiger charge is -1.97. The molecule has 2 heteroatoms. The average Bonchev–Trinajstić information content (AvgIpc) is 2.03. The van der Waals surface area contributed by atoms with Crippen LogP contribution in [-0.2, 0) is 0 Å². The summed E-state index contributed by atoms with van der Waals surface area (Å²) in [5.41, 5.74) is 7.71. The third-order valence-corrected chi connectivity index (χ3v) is 1.51. The second kappa shape index (κ2) is 5.71. The molecule has 0 amide bonds. The Labute approximate surface area is 68.5 Å². The Bertz CT molecular complexity index is 188. The largest absolute Gasteiger partial charge is 0.399 e. The molecule has 11 heavy (non-hydrogen) atoms. The fraction of sp³-hybridized carbons (Fsp3) is 0.444. The lowest BCUT2D eigenvalue weighted by molar-refractivity contribution is 1.06. The Kier molecular flexibility index (Phi) is 5.17. The highest BCUT2D eigenvalue weighted by molar-refractivity contribution is 5.54. The number of nitrogens with zero attached hydrogens (tertiary/aromatic N) is 1. The van der Waals surface area contributed by atoms with Gasteiger partial charge in [-0.1, -0.05) is 12.5 Å². The molecule has 62 valence electrons. The molecule has 0 fully saturated rings. The van der Waals surface area contributed by atoms with Gasteiger partial charge in [-0.25, -0.2) is 0 Å². The second-order valence-corrected chi connectivity index (χ2v) is 2.31. The van der Waals surface area contributed by atoms with E-state index in [2.05, 4.69) is 11.9 Å². The summed E-state index contributed by atoms with van der Waals surface area (Å²) < 4.78 is 0. The quantitative estimate of drug-likeness (QED) is 0.489. The number of hydrogen-bond donors (Lipinski definition) is 1. The van der Waals surface area contributed by atoms with Crippen LogP contribution in [0.4, 0.5) is 0 Å². The first-order valence-electron chi connectivity index (χ1n) is 3.82. The van der Waals surface area contributed by atoms with Crippen molar-refractivity contribution in [2.45, 2.75) is 27.2 Å². The van der Waals surface area contributed by atoms with Crippen LogP contribution in [-0.4, -0.2) is 6.21 Å². The van der Waals surface area contributed by atoms with E-state index in [0.29, 0.717) is 0 Å². The van der Waals surface area contributed by atoms with E-state index in [1.165, 1.54) is 5.57 Å². The normalized spacial score (nSPS) is 14.5. The number of nitrogens with two attached hydrogens (primary N) is 1. The second-order valence-electron chi connectivity index (χ2n) is 2.31. The maximum absolute atomic E-state index is 5.69. The standard InChI is InChI=1S/C9H16N2/c1-4-8(3)9(10)6-7-11-5-2/h5-7H,4,10H2,1-3H3/b7-6-,9-8-,11-5-. The van der Waals surface area contributed by atoms with Crippen LogP contribution < -0.4 is 5.73 Å². The molecule has 0 radical (unpaired) electrons. The van der Waals surface area contributed by atoms with Gasteiger partial charge in [-0.15, -0.1) is 0 Å². The third-order valence-electron chi connectivity index (χ3n) is 1.51. The van der Waals surface area contributed by atoms with Gasteiger partial charge in [-0.05, 0) is 26.3 Å². The monoisotopic (exact) mass is 152 g/mol. The molecule has 0 aromatic rings. The van der Waals surface area contributed by atoms with Crippen LogP contribution in [0.2, 0.25) is 0 Å². The van der Waals surface area contributed by atoms with Gasteiger partial charge >= 0.3 is 0 Å². The summed E-state index contributed by atoms with van der Waals surface area (Å²) in [6.45, 7) is 5.98.